The lowest BCUT2D eigenvalue weighted by molar-refractivity contribution is 0.244. The highest BCUT2D eigenvalue weighted by Gasteiger charge is 2.12. The molecule has 2 heterocycles. The predicted octanol–water partition coefficient (Wildman–Crippen LogP) is 2.02. The van der Waals surface area contributed by atoms with E-state index >= 15 is 0 Å². The molecular formula is C14H17FN2O. The van der Waals surface area contributed by atoms with Gasteiger partial charge in [0, 0.05) is 38.1 Å². The second-order valence-electron chi connectivity index (χ2n) is 4.75. The third-order valence-corrected chi connectivity index (χ3v) is 3.50. The number of piperazine rings is 1. The van der Waals surface area contributed by atoms with Crippen molar-refractivity contribution in [3.05, 3.63) is 35.8 Å². The topological polar surface area (TPSA) is 28.4 Å². The quantitative estimate of drug-likeness (QED) is 0.900. The Morgan fingerprint density at radius 2 is 2.11 bits per heavy atom. The average molecular weight is 248 g/mol. The van der Waals surface area contributed by atoms with Crippen molar-refractivity contribution in [2.45, 2.75) is 6.42 Å². The molecule has 0 spiro atoms. The van der Waals surface area contributed by atoms with E-state index in [2.05, 4.69) is 10.2 Å². The van der Waals surface area contributed by atoms with Crippen LogP contribution in [-0.2, 0) is 6.42 Å². The molecule has 1 aliphatic heterocycles. The monoisotopic (exact) mass is 248 g/mol. The van der Waals surface area contributed by atoms with Crippen molar-refractivity contribution in [1.82, 2.24) is 10.2 Å². The Morgan fingerprint density at radius 3 is 2.94 bits per heavy atom. The molecule has 2 aromatic rings. The summed E-state index contributed by atoms with van der Waals surface area (Å²) in [5.74, 6) is -0.181. The molecule has 1 aliphatic rings. The van der Waals surface area contributed by atoms with Gasteiger partial charge in [-0.2, -0.15) is 0 Å². The average Bonchev–Trinajstić information content (AvgIpc) is 2.85. The van der Waals surface area contributed by atoms with Gasteiger partial charge in [0.25, 0.3) is 0 Å². The van der Waals surface area contributed by atoms with Crippen LogP contribution in [-0.4, -0.2) is 37.6 Å². The first-order valence-corrected chi connectivity index (χ1v) is 6.41. The molecule has 0 radical (unpaired) electrons. The van der Waals surface area contributed by atoms with Crippen molar-refractivity contribution >= 4 is 11.0 Å². The van der Waals surface area contributed by atoms with Gasteiger partial charge in [0.15, 0.2) is 0 Å². The van der Waals surface area contributed by atoms with Crippen LogP contribution in [0.25, 0.3) is 11.0 Å². The highest BCUT2D eigenvalue weighted by molar-refractivity contribution is 5.80. The molecule has 96 valence electrons. The standard InChI is InChI=1S/C14H17FN2O/c15-13-9-11(14-12(10-13)2-8-18-14)1-5-17-6-3-16-4-7-17/h2,8-10,16H,1,3-7H2. The van der Waals surface area contributed by atoms with Crippen molar-refractivity contribution in [3.8, 4) is 0 Å². The van der Waals surface area contributed by atoms with Crippen LogP contribution in [0.1, 0.15) is 5.56 Å². The van der Waals surface area contributed by atoms with Crippen LogP contribution in [0.15, 0.2) is 28.9 Å². The summed E-state index contributed by atoms with van der Waals surface area (Å²) in [6, 6.07) is 4.92. The summed E-state index contributed by atoms with van der Waals surface area (Å²) in [4.78, 5) is 2.40. The van der Waals surface area contributed by atoms with Crippen LogP contribution in [0.2, 0.25) is 0 Å². The van der Waals surface area contributed by atoms with E-state index in [0.29, 0.717) is 0 Å². The largest absolute Gasteiger partial charge is 0.464 e. The molecule has 0 unspecified atom stereocenters. The van der Waals surface area contributed by atoms with Gasteiger partial charge in [-0.05, 0) is 30.2 Å². The summed E-state index contributed by atoms with van der Waals surface area (Å²) in [6.45, 7) is 5.17. The lowest BCUT2D eigenvalue weighted by Gasteiger charge is -2.27. The van der Waals surface area contributed by atoms with E-state index in [0.717, 1.165) is 55.7 Å². The van der Waals surface area contributed by atoms with Crippen LogP contribution in [0.3, 0.4) is 0 Å². The molecule has 0 bridgehead atoms. The van der Waals surface area contributed by atoms with Crippen molar-refractivity contribution in [1.29, 1.82) is 0 Å². The van der Waals surface area contributed by atoms with E-state index in [1.165, 1.54) is 6.07 Å². The summed E-state index contributed by atoms with van der Waals surface area (Å²) in [5, 5.41) is 4.18. The van der Waals surface area contributed by atoms with E-state index in [-0.39, 0.29) is 5.82 Å². The van der Waals surface area contributed by atoms with E-state index in [1.54, 1.807) is 12.3 Å². The maximum absolute atomic E-state index is 13.5. The van der Waals surface area contributed by atoms with Crippen molar-refractivity contribution in [2.24, 2.45) is 0 Å². The Hall–Kier alpha value is -1.39. The minimum atomic E-state index is -0.181. The second-order valence-corrected chi connectivity index (χ2v) is 4.75. The third-order valence-electron chi connectivity index (χ3n) is 3.50. The van der Waals surface area contributed by atoms with E-state index in [1.807, 2.05) is 6.07 Å². The first kappa shape index (κ1) is 11.7. The molecule has 3 rings (SSSR count). The summed E-state index contributed by atoms with van der Waals surface area (Å²) in [6.07, 6.45) is 2.46. The van der Waals surface area contributed by atoms with Crippen LogP contribution < -0.4 is 5.32 Å². The maximum Gasteiger partial charge on any atom is 0.137 e. The molecule has 3 nitrogen and oxygen atoms in total. The van der Waals surface area contributed by atoms with Gasteiger partial charge >= 0.3 is 0 Å². The van der Waals surface area contributed by atoms with Crippen molar-refractivity contribution in [2.75, 3.05) is 32.7 Å². The van der Waals surface area contributed by atoms with E-state index < -0.39 is 0 Å². The second kappa shape index (κ2) is 5.08. The number of rotatable bonds is 3. The Labute approximate surface area is 106 Å². The fourth-order valence-electron chi connectivity index (χ4n) is 2.52. The highest BCUT2D eigenvalue weighted by atomic mass is 19.1. The number of halogens is 1. The number of fused-ring (bicyclic) bond motifs is 1. The van der Waals surface area contributed by atoms with Crippen LogP contribution in [0.4, 0.5) is 4.39 Å². The summed E-state index contributed by atoms with van der Waals surface area (Å²) in [7, 11) is 0. The molecule has 0 atom stereocenters. The number of nitrogens with zero attached hydrogens (tertiary/aromatic N) is 1. The number of hydrogen-bond acceptors (Lipinski definition) is 3. The number of nitrogens with one attached hydrogen (secondary N) is 1. The molecular weight excluding hydrogens is 231 g/mol. The van der Waals surface area contributed by atoms with Gasteiger partial charge in [0.1, 0.15) is 11.4 Å². The van der Waals surface area contributed by atoms with Gasteiger partial charge in [-0.15, -0.1) is 0 Å². The first-order valence-electron chi connectivity index (χ1n) is 6.41. The third kappa shape index (κ3) is 2.40. The zero-order chi connectivity index (χ0) is 12.4. The fourth-order valence-corrected chi connectivity index (χ4v) is 2.52. The maximum atomic E-state index is 13.5. The minimum Gasteiger partial charge on any atom is -0.464 e. The predicted molar refractivity (Wildman–Crippen MR) is 69.2 cm³/mol. The van der Waals surface area contributed by atoms with Crippen LogP contribution >= 0.6 is 0 Å². The number of furan rings is 1. The van der Waals surface area contributed by atoms with Gasteiger partial charge in [-0.25, -0.2) is 4.39 Å². The van der Waals surface area contributed by atoms with E-state index in [4.69, 9.17) is 4.42 Å². The molecule has 18 heavy (non-hydrogen) atoms. The van der Waals surface area contributed by atoms with E-state index in [9.17, 15) is 4.39 Å². The molecule has 0 saturated carbocycles. The molecule has 1 fully saturated rings. The number of benzene rings is 1. The smallest absolute Gasteiger partial charge is 0.137 e. The zero-order valence-corrected chi connectivity index (χ0v) is 10.3. The van der Waals surface area contributed by atoms with Gasteiger partial charge < -0.3 is 14.6 Å². The van der Waals surface area contributed by atoms with Gasteiger partial charge in [0.05, 0.1) is 6.26 Å². The normalized spacial score (nSPS) is 17.4. The van der Waals surface area contributed by atoms with Gasteiger partial charge in [0.2, 0.25) is 0 Å². The van der Waals surface area contributed by atoms with Crippen LogP contribution in [0.5, 0.6) is 0 Å². The molecule has 0 amide bonds. The van der Waals surface area contributed by atoms with Crippen molar-refractivity contribution < 1.29 is 8.81 Å². The van der Waals surface area contributed by atoms with Crippen molar-refractivity contribution in [3.63, 3.8) is 0 Å². The summed E-state index contributed by atoms with van der Waals surface area (Å²) >= 11 is 0. The number of hydrogen-bond donors (Lipinski definition) is 1. The molecule has 1 aromatic heterocycles. The molecule has 1 aromatic carbocycles. The lowest BCUT2D eigenvalue weighted by Crippen LogP contribution is -2.44. The Bertz CT molecular complexity index is 532. The fraction of sp³-hybridized carbons (Fsp3) is 0.429. The summed E-state index contributed by atoms with van der Waals surface area (Å²) < 4.78 is 18.9. The highest BCUT2D eigenvalue weighted by Crippen LogP contribution is 2.22. The molecule has 1 N–H and O–H groups in total. The Morgan fingerprint density at radius 1 is 1.28 bits per heavy atom. The molecule has 1 saturated heterocycles. The minimum absolute atomic E-state index is 0.181. The Kier molecular flexibility index (Phi) is 3.30. The zero-order valence-electron chi connectivity index (χ0n) is 10.3. The summed E-state index contributed by atoms with van der Waals surface area (Å²) in [5.41, 5.74) is 1.79. The first-order chi connectivity index (χ1) is 8.83. The van der Waals surface area contributed by atoms with Crippen LogP contribution in [0, 0.1) is 5.82 Å². The Balaban J connectivity index is 1.75. The lowest BCUT2D eigenvalue weighted by atomic mass is 10.1. The molecule has 4 heteroatoms. The van der Waals surface area contributed by atoms with Gasteiger partial charge in [-0.1, -0.05) is 0 Å². The van der Waals surface area contributed by atoms with Gasteiger partial charge in [-0.3, -0.25) is 0 Å². The molecule has 0 aliphatic carbocycles. The SMILES string of the molecule is Fc1cc(CCN2CCNCC2)c2occc2c1.